The Morgan fingerprint density at radius 3 is 2.36 bits per heavy atom. The van der Waals surface area contributed by atoms with Crippen LogP contribution in [0.1, 0.15) is 112 Å². The van der Waals surface area contributed by atoms with Gasteiger partial charge >= 0.3 is 0 Å². The van der Waals surface area contributed by atoms with Crippen LogP contribution in [0.2, 0.25) is 0 Å². The van der Waals surface area contributed by atoms with Crippen molar-refractivity contribution >= 4 is 0 Å². The molecule has 4 aliphatic rings. The zero-order chi connectivity index (χ0) is 20.1. The molecule has 0 aromatic carbocycles. The molecule has 0 aliphatic heterocycles. The smallest absolute Gasteiger partial charge is 0.0577 e. The van der Waals surface area contributed by atoms with Gasteiger partial charge in [-0.3, -0.25) is 0 Å². The van der Waals surface area contributed by atoms with Crippen LogP contribution in [0.5, 0.6) is 0 Å². The van der Waals surface area contributed by atoms with E-state index < -0.39 is 0 Å². The minimum Gasteiger partial charge on any atom is -0.393 e. The molecule has 162 valence electrons. The highest BCUT2D eigenvalue weighted by Crippen LogP contribution is 2.68. The number of rotatable bonds is 5. The van der Waals surface area contributed by atoms with Crippen LogP contribution in [0.3, 0.4) is 0 Å². The lowest BCUT2D eigenvalue weighted by Crippen LogP contribution is -2.57. The number of hydrogen-bond donors (Lipinski definition) is 1. The van der Waals surface area contributed by atoms with Crippen molar-refractivity contribution in [3.63, 3.8) is 0 Å². The summed E-state index contributed by atoms with van der Waals surface area (Å²) in [6, 6.07) is 0. The molecule has 9 atom stereocenters. The molecule has 4 saturated carbocycles. The van der Waals surface area contributed by atoms with Gasteiger partial charge in [-0.1, -0.05) is 66.7 Å². The molecule has 0 heterocycles. The molecule has 0 spiro atoms. The van der Waals surface area contributed by atoms with Crippen LogP contribution in [-0.4, -0.2) is 11.2 Å². The van der Waals surface area contributed by atoms with Crippen LogP contribution in [0.4, 0.5) is 0 Å². The first-order valence-corrected chi connectivity index (χ1v) is 13.0. The Hall–Kier alpha value is -0.0400. The lowest BCUT2D eigenvalue weighted by atomic mass is 9.44. The molecule has 28 heavy (non-hydrogen) atoms. The summed E-state index contributed by atoms with van der Waals surface area (Å²) in [6.45, 7) is 12.6. The summed E-state index contributed by atoms with van der Waals surface area (Å²) in [7, 11) is 0. The molecule has 1 nitrogen and oxygen atoms in total. The third-order valence-corrected chi connectivity index (χ3v) is 10.8. The predicted octanol–water partition coefficient (Wildman–Crippen LogP) is 7.47. The summed E-state index contributed by atoms with van der Waals surface area (Å²) in [6.07, 6.45) is 16.6. The average molecular weight is 389 g/mol. The van der Waals surface area contributed by atoms with Gasteiger partial charge in [0.15, 0.2) is 0 Å². The van der Waals surface area contributed by atoms with E-state index in [0.29, 0.717) is 16.7 Å². The van der Waals surface area contributed by atoms with E-state index in [0.717, 1.165) is 41.9 Å². The largest absolute Gasteiger partial charge is 0.393 e. The third-order valence-electron chi connectivity index (χ3n) is 10.8. The molecule has 1 N–H and O–H groups in total. The minimum absolute atomic E-state index is 0.0132. The molecule has 4 rings (SSSR count). The molecule has 1 heteroatoms. The molecule has 4 fully saturated rings. The van der Waals surface area contributed by atoms with E-state index >= 15 is 0 Å². The van der Waals surface area contributed by atoms with Crippen LogP contribution in [0.15, 0.2) is 0 Å². The zero-order valence-electron chi connectivity index (χ0n) is 19.6. The maximum absolute atomic E-state index is 11.3. The van der Waals surface area contributed by atoms with Gasteiger partial charge in [0.2, 0.25) is 0 Å². The first kappa shape index (κ1) is 21.2. The van der Waals surface area contributed by atoms with Crippen molar-refractivity contribution in [1.82, 2.24) is 0 Å². The number of aliphatic hydroxyl groups is 1. The summed E-state index contributed by atoms with van der Waals surface area (Å²) in [4.78, 5) is 0. The molecule has 0 aromatic rings. The molecule has 0 bridgehead atoms. The van der Waals surface area contributed by atoms with E-state index in [2.05, 4.69) is 34.6 Å². The number of hydrogen-bond acceptors (Lipinski definition) is 1. The van der Waals surface area contributed by atoms with Gasteiger partial charge in [0, 0.05) is 0 Å². The molecule has 0 amide bonds. The molecule has 1 unspecified atom stereocenters. The summed E-state index contributed by atoms with van der Waals surface area (Å²) < 4.78 is 0. The second kappa shape index (κ2) is 7.90. The van der Waals surface area contributed by atoms with Gasteiger partial charge < -0.3 is 5.11 Å². The van der Waals surface area contributed by atoms with E-state index in [4.69, 9.17) is 0 Å². The number of fused-ring (bicyclic) bond motifs is 5. The van der Waals surface area contributed by atoms with Crippen molar-refractivity contribution in [1.29, 1.82) is 0 Å². The lowest BCUT2D eigenvalue weighted by Gasteiger charge is -2.62. The first-order valence-electron chi connectivity index (χ1n) is 13.0. The topological polar surface area (TPSA) is 20.2 Å². The number of aliphatic hydroxyl groups excluding tert-OH is 1. The van der Waals surface area contributed by atoms with Gasteiger partial charge in [0.05, 0.1) is 6.10 Å². The highest BCUT2D eigenvalue weighted by Gasteiger charge is 2.62. The summed E-state index contributed by atoms with van der Waals surface area (Å²) in [5.41, 5.74) is 1.03. The minimum atomic E-state index is -0.0132. The van der Waals surface area contributed by atoms with Gasteiger partial charge in [0.25, 0.3) is 0 Å². The Kier molecular flexibility index (Phi) is 5.98. The molecular formula is C27H48O. The standard InChI is InChI=1S/C27H48O/c1-18(2)9-8-10-19(3)21-12-13-22-25-23(14-16-27(21,22)5)26(4)15-7-6-11-20(26)17-24(25)28/h18-25,28H,6-17H2,1-5H3/t19-,20+,21-,22-,23-,24?,25-,26-,27+/m0/s1. The van der Waals surface area contributed by atoms with E-state index in [9.17, 15) is 5.11 Å². The van der Waals surface area contributed by atoms with E-state index in [1.807, 2.05) is 0 Å². The quantitative estimate of drug-likeness (QED) is 0.518. The lowest BCUT2D eigenvalue weighted by molar-refractivity contribution is -0.164. The second-order valence-corrected chi connectivity index (χ2v) is 12.6. The third kappa shape index (κ3) is 3.40. The van der Waals surface area contributed by atoms with Crippen molar-refractivity contribution in [2.75, 3.05) is 0 Å². The van der Waals surface area contributed by atoms with Crippen LogP contribution < -0.4 is 0 Å². The maximum Gasteiger partial charge on any atom is 0.0577 e. The average Bonchev–Trinajstić information content (AvgIpc) is 2.99. The van der Waals surface area contributed by atoms with E-state index in [1.165, 1.54) is 70.6 Å². The fourth-order valence-corrected chi connectivity index (χ4v) is 9.28. The summed E-state index contributed by atoms with van der Waals surface area (Å²) in [5.74, 6) is 5.60. The van der Waals surface area contributed by atoms with Crippen molar-refractivity contribution in [3.8, 4) is 0 Å². The fourth-order valence-electron chi connectivity index (χ4n) is 9.28. The van der Waals surface area contributed by atoms with Crippen LogP contribution in [-0.2, 0) is 0 Å². The highest BCUT2D eigenvalue weighted by atomic mass is 16.3. The Morgan fingerprint density at radius 1 is 0.857 bits per heavy atom. The van der Waals surface area contributed by atoms with Gasteiger partial charge in [-0.05, 0) is 97.2 Å². The molecule has 0 radical (unpaired) electrons. The molecule has 4 aliphatic carbocycles. The Balaban J connectivity index is 1.50. The Bertz CT molecular complexity index is 540. The van der Waals surface area contributed by atoms with Gasteiger partial charge in [-0.2, -0.15) is 0 Å². The van der Waals surface area contributed by atoms with E-state index in [1.54, 1.807) is 0 Å². The van der Waals surface area contributed by atoms with Crippen molar-refractivity contribution in [2.45, 2.75) is 118 Å². The van der Waals surface area contributed by atoms with Crippen molar-refractivity contribution < 1.29 is 5.11 Å². The van der Waals surface area contributed by atoms with Crippen molar-refractivity contribution in [2.24, 2.45) is 52.3 Å². The van der Waals surface area contributed by atoms with Crippen LogP contribution in [0.25, 0.3) is 0 Å². The maximum atomic E-state index is 11.3. The monoisotopic (exact) mass is 388 g/mol. The highest BCUT2D eigenvalue weighted by molar-refractivity contribution is 5.11. The van der Waals surface area contributed by atoms with Crippen molar-refractivity contribution in [3.05, 3.63) is 0 Å². The fraction of sp³-hybridized carbons (Fsp3) is 1.00. The van der Waals surface area contributed by atoms with Gasteiger partial charge in [-0.25, -0.2) is 0 Å². The first-order chi connectivity index (χ1) is 13.3. The Morgan fingerprint density at radius 2 is 1.61 bits per heavy atom. The van der Waals surface area contributed by atoms with Gasteiger partial charge in [-0.15, -0.1) is 0 Å². The van der Waals surface area contributed by atoms with Crippen LogP contribution >= 0.6 is 0 Å². The predicted molar refractivity (Wildman–Crippen MR) is 119 cm³/mol. The molecular weight excluding hydrogens is 340 g/mol. The van der Waals surface area contributed by atoms with Gasteiger partial charge in [0.1, 0.15) is 0 Å². The Labute approximate surface area is 175 Å². The zero-order valence-corrected chi connectivity index (χ0v) is 19.6. The molecule has 0 aromatic heterocycles. The summed E-state index contributed by atoms with van der Waals surface area (Å²) >= 11 is 0. The second-order valence-electron chi connectivity index (χ2n) is 12.6. The molecule has 0 saturated heterocycles. The summed E-state index contributed by atoms with van der Waals surface area (Å²) in [5, 5.41) is 11.3. The normalized spacial score (nSPS) is 49.4. The SMILES string of the molecule is CC(C)CCC[C@H](C)[C@@H]1CC[C@H]2[C@@H]3C(O)C[C@H]4CCCC[C@]4(C)[C@H]3CC[C@@]21C. The van der Waals surface area contributed by atoms with Crippen LogP contribution in [0, 0.1) is 52.3 Å². The van der Waals surface area contributed by atoms with E-state index in [-0.39, 0.29) is 6.10 Å².